The molecule has 7 heteroatoms. The van der Waals surface area contributed by atoms with Gasteiger partial charge in [-0.15, -0.1) is 0 Å². The third-order valence-electron chi connectivity index (χ3n) is 4.10. The van der Waals surface area contributed by atoms with E-state index in [1.165, 1.54) is 6.07 Å². The Morgan fingerprint density at radius 3 is 2.67 bits per heavy atom. The summed E-state index contributed by atoms with van der Waals surface area (Å²) in [6.45, 7) is 2.62. The number of halogens is 2. The Morgan fingerprint density at radius 2 is 2.04 bits per heavy atom. The summed E-state index contributed by atoms with van der Waals surface area (Å²) in [5, 5.41) is 10.3. The maximum atomic E-state index is 12.7. The van der Waals surface area contributed by atoms with Gasteiger partial charge in [-0.3, -0.25) is 4.79 Å². The van der Waals surface area contributed by atoms with Crippen molar-refractivity contribution in [2.24, 2.45) is 0 Å². The van der Waals surface area contributed by atoms with Gasteiger partial charge in [-0.2, -0.15) is 0 Å². The molecule has 1 aliphatic rings. The molecule has 1 aromatic heterocycles. The first-order valence-corrected chi connectivity index (χ1v) is 8.28. The summed E-state index contributed by atoms with van der Waals surface area (Å²) in [6, 6.07) is 4.78. The fourth-order valence-electron chi connectivity index (χ4n) is 2.92. The maximum Gasteiger partial charge on any atom is 0.339 e. The molecule has 1 aliphatic heterocycles. The van der Waals surface area contributed by atoms with Crippen molar-refractivity contribution in [3.63, 3.8) is 0 Å². The summed E-state index contributed by atoms with van der Waals surface area (Å²) in [5.74, 6) is -1.09. The number of carboxylic acid groups (broad SMARTS) is 1. The Morgan fingerprint density at radius 1 is 1.29 bits per heavy atom. The number of benzene rings is 1. The lowest BCUT2D eigenvalue weighted by atomic mass is 9.99. The molecule has 1 N–H and O–H groups in total. The highest BCUT2D eigenvalue weighted by atomic mass is 35.5. The first-order valence-electron chi connectivity index (χ1n) is 7.52. The molecule has 0 atom stereocenters. The van der Waals surface area contributed by atoms with Crippen molar-refractivity contribution in [3.05, 3.63) is 56.5 Å². The number of carbonyl (C=O) groups is 2. The molecule has 1 amide bonds. The van der Waals surface area contributed by atoms with Crippen LogP contribution in [0.3, 0.4) is 0 Å². The zero-order chi connectivity index (χ0) is 17.4. The minimum atomic E-state index is -1.10. The van der Waals surface area contributed by atoms with Gasteiger partial charge < -0.3 is 14.4 Å². The molecule has 0 bridgehead atoms. The topological polar surface area (TPSA) is 70.8 Å². The van der Waals surface area contributed by atoms with Crippen LogP contribution in [0.4, 0.5) is 0 Å². The van der Waals surface area contributed by atoms with Crippen molar-refractivity contribution in [2.75, 3.05) is 6.54 Å². The number of amides is 1. The number of furan rings is 1. The van der Waals surface area contributed by atoms with E-state index >= 15 is 0 Å². The number of rotatable bonds is 3. The normalized spacial score (nSPS) is 13.7. The van der Waals surface area contributed by atoms with Crippen LogP contribution in [0.25, 0.3) is 0 Å². The van der Waals surface area contributed by atoms with E-state index in [9.17, 15) is 14.7 Å². The van der Waals surface area contributed by atoms with Crippen LogP contribution < -0.4 is 0 Å². The fraction of sp³-hybridized carbons (Fsp3) is 0.294. The molecule has 5 nitrogen and oxygen atoms in total. The highest BCUT2D eigenvalue weighted by Gasteiger charge is 2.27. The van der Waals surface area contributed by atoms with E-state index in [-0.39, 0.29) is 17.2 Å². The van der Waals surface area contributed by atoms with Crippen LogP contribution in [-0.2, 0) is 19.4 Å². The summed E-state index contributed by atoms with van der Waals surface area (Å²) in [7, 11) is 0. The maximum absolute atomic E-state index is 12.7. The lowest BCUT2D eigenvalue weighted by Crippen LogP contribution is -2.35. The molecule has 0 saturated heterocycles. The molecule has 0 spiro atoms. The predicted molar refractivity (Wildman–Crippen MR) is 90.0 cm³/mol. The third kappa shape index (κ3) is 3.01. The van der Waals surface area contributed by atoms with E-state index in [1.807, 2.05) is 0 Å². The lowest BCUT2D eigenvalue weighted by Gasteiger charge is -2.29. The van der Waals surface area contributed by atoms with Crippen LogP contribution >= 0.6 is 23.2 Å². The molecule has 0 unspecified atom stereocenters. The number of carboxylic acids is 1. The highest BCUT2D eigenvalue weighted by molar-refractivity contribution is 6.35. The number of nitrogens with zero attached hydrogens (tertiary/aromatic N) is 1. The first kappa shape index (κ1) is 16.9. The molecule has 2 aromatic rings. The summed E-state index contributed by atoms with van der Waals surface area (Å²) < 4.78 is 5.45. The number of fused-ring (bicyclic) bond motifs is 1. The van der Waals surface area contributed by atoms with E-state index in [4.69, 9.17) is 27.6 Å². The van der Waals surface area contributed by atoms with E-state index in [0.717, 1.165) is 11.1 Å². The van der Waals surface area contributed by atoms with Crippen LogP contribution in [0.15, 0.2) is 22.6 Å². The fourth-order valence-corrected chi connectivity index (χ4v) is 3.55. The molecular formula is C17H15Cl2NO4. The van der Waals surface area contributed by atoms with Crippen molar-refractivity contribution in [1.82, 2.24) is 4.90 Å². The van der Waals surface area contributed by atoms with Crippen molar-refractivity contribution in [3.8, 4) is 0 Å². The SMILES string of the molecule is CCc1oc(C(=O)N2CCc3c(Cl)cc(Cl)cc3C2)cc1C(=O)O. The summed E-state index contributed by atoms with van der Waals surface area (Å²) in [4.78, 5) is 25.5. The van der Waals surface area contributed by atoms with Gasteiger partial charge >= 0.3 is 5.97 Å². The number of aryl methyl sites for hydroxylation is 1. The Labute approximate surface area is 148 Å². The van der Waals surface area contributed by atoms with Gasteiger partial charge in [-0.25, -0.2) is 4.79 Å². The second-order valence-electron chi connectivity index (χ2n) is 5.61. The second-order valence-corrected chi connectivity index (χ2v) is 6.45. The first-order chi connectivity index (χ1) is 11.4. The lowest BCUT2D eigenvalue weighted by molar-refractivity contribution is 0.0687. The number of hydrogen-bond donors (Lipinski definition) is 1. The van der Waals surface area contributed by atoms with Gasteiger partial charge in [0.05, 0.1) is 0 Å². The second kappa shape index (κ2) is 6.49. The smallest absolute Gasteiger partial charge is 0.339 e. The largest absolute Gasteiger partial charge is 0.478 e. The predicted octanol–water partition coefficient (Wildman–Crippen LogP) is 4.05. The Kier molecular flexibility index (Phi) is 4.56. The van der Waals surface area contributed by atoms with Crippen molar-refractivity contribution in [1.29, 1.82) is 0 Å². The standard InChI is InChI=1S/C17H15Cl2NO4/c1-2-14-12(17(22)23)7-15(24-14)16(21)20-4-3-11-9(8-20)5-10(18)6-13(11)19/h5-7H,2-4,8H2,1H3,(H,22,23). The minimum absolute atomic E-state index is 0.0318. The molecule has 3 rings (SSSR count). The number of aromatic carboxylic acids is 1. The average Bonchev–Trinajstić information content (AvgIpc) is 2.98. The van der Waals surface area contributed by atoms with E-state index in [0.29, 0.717) is 41.7 Å². The van der Waals surface area contributed by atoms with Gasteiger partial charge in [0.2, 0.25) is 0 Å². The molecular weight excluding hydrogens is 353 g/mol. The molecule has 0 saturated carbocycles. The van der Waals surface area contributed by atoms with Crippen LogP contribution in [0.2, 0.25) is 10.0 Å². The van der Waals surface area contributed by atoms with E-state index < -0.39 is 5.97 Å². The number of carbonyl (C=O) groups excluding carboxylic acids is 1. The Hall–Kier alpha value is -1.98. The van der Waals surface area contributed by atoms with Crippen molar-refractivity contribution >= 4 is 35.1 Å². The molecule has 2 heterocycles. The summed E-state index contributed by atoms with van der Waals surface area (Å²) in [5.41, 5.74) is 1.92. The third-order valence-corrected chi connectivity index (χ3v) is 4.66. The van der Waals surface area contributed by atoms with Crippen LogP contribution in [0.1, 0.15) is 44.7 Å². The van der Waals surface area contributed by atoms with Crippen LogP contribution in [-0.4, -0.2) is 28.4 Å². The molecule has 24 heavy (non-hydrogen) atoms. The van der Waals surface area contributed by atoms with Gasteiger partial charge in [-0.1, -0.05) is 30.1 Å². The highest BCUT2D eigenvalue weighted by Crippen LogP contribution is 2.30. The molecule has 0 fully saturated rings. The van der Waals surface area contributed by atoms with Gasteiger partial charge in [0.15, 0.2) is 5.76 Å². The van der Waals surface area contributed by atoms with Crippen molar-refractivity contribution < 1.29 is 19.1 Å². The zero-order valence-electron chi connectivity index (χ0n) is 12.9. The zero-order valence-corrected chi connectivity index (χ0v) is 14.4. The Bertz CT molecular complexity index is 828. The summed E-state index contributed by atoms with van der Waals surface area (Å²) >= 11 is 12.2. The van der Waals surface area contributed by atoms with Gasteiger partial charge in [0.25, 0.3) is 5.91 Å². The van der Waals surface area contributed by atoms with Gasteiger partial charge in [0, 0.05) is 35.6 Å². The average molecular weight is 368 g/mol. The van der Waals surface area contributed by atoms with E-state index in [2.05, 4.69) is 0 Å². The molecule has 126 valence electrons. The Balaban J connectivity index is 1.88. The number of hydrogen-bond acceptors (Lipinski definition) is 3. The molecule has 0 radical (unpaired) electrons. The molecule has 0 aliphatic carbocycles. The summed E-state index contributed by atoms with van der Waals surface area (Å²) in [6.07, 6.45) is 1.02. The van der Waals surface area contributed by atoms with Crippen LogP contribution in [0, 0.1) is 0 Å². The van der Waals surface area contributed by atoms with Gasteiger partial charge in [-0.05, 0) is 29.7 Å². The van der Waals surface area contributed by atoms with E-state index in [1.54, 1.807) is 24.0 Å². The van der Waals surface area contributed by atoms with Crippen molar-refractivity contribution in [2.45, 2.75) is 26.3 Å². The van der Waals surface area contributed by atoms with Gasteiger partial charge in [0.1, 0.15) is 11.3 Å². The minimum Gasteiger partial charge on any atom is -0.478 e. The van der Waals surface area contributed by atoms with Crippen LogP contribution in [0.5, 0.6) is 0 Å². The monoisotopic (exact) mass is 367 g/mol. The molecule has 1 aromatic carbocycles. The quantitative estimate of drug-likeness (QED) is 0.888.